The van der Waals surface area contributed by atoms with E-state index in [1.54, 1.807) is 0 Å². The van der Waals surface area contributed by atoms with Gasteiger partial charge in [-0.1, -0.05) is 35.5 Å². The zero-order chi connectivity index (χ0) is 17.5. The van der Waals surface area contributed by atoms with E-state index >= 15 is 0 Å². The SMILES string of the molecule is O=C(C[C@H]1CO[C@H]2[C@@H]1OC[C@@H]2n1cc(Cc2ccccc2)nn1)C1CC1. The molecule has 3 aliphatic rings. The summed E-state index contributed by atoms with van der Waals surface area (Å²) in [5.74, 6) is 0.879. The Morgan fingerprint density at radius 2 is 1.92 bits per heavy atom. The summed E-state index contributed by atoms with van der Waals surface area (Å²) in [6.07, 6.45) is 5.45. The van der Waals surface area contributed by atoms with E-state index in [0.29, 0.717) is 31.3 Å². The van der Waals surface area contributed by atoms with Gasteiger partial charge in [0.1, 0.15) is 17.9 Å². The Labute approximate surface area is 152 Å². The van der Waals surface area contributed by atoms with Crippen molar-refractivity contribution in [3.63, 3.8) is 0 Å². The van der Waals surface area contributed by atoms with Crippen molar-refractivity contribution in [2.24, 2.45) is 11.8 Å². The third-order valence-corrected chi connectivity index (χ3v) is 5.75. The van der Waals surface area contributed by atoms with Crippen molar-refractivity contribution >= 4 is 5.78 Å². The minimum Gasteiger partial charge on any atom is -0.373 e. The van der Waals surface area contributed by atoms with Crippen LogP contribution in [0.5, 0.6) is 0 Å². The summed E-state index contributed by atoms with van der Waals surface area (Å²) in [6.45, 7) is 1.17. The highest BCUT2D eigenvalue weighted by molar-refractivity contribution is 5.83. The van der Waals surface area contributed by atoms with E-state index in [4.69, 9.17) is 9.47 Å². The molecule has 5 rings (SSSR count). The number of fused-ring (bicyclic) bond motifs is 1. The number of ether oxygens (including phenoxy) is 2. The van der Waals surface area contributed by atoms with E-state index in [2.05, 4.69) is 22.4 Å². The standard InChI is InChI=1S/C20H23N3O3/c24-18(14-6-7-14)9-15-11-25-20-17(12-26-19(15)20)23-10-16(21-22-23)8-13-4-2-1-3-5-13/h1-5,10,14-15,17,19-20H,6-9,11-12H2/t15-,17-,19+,20+/m0/s1. The van der Waals surface area contributed by atoms with Crippen LogP contribution in [-0.4, -0.2) is 46.2 Å². The van der Waals surface area contributed by atoms with Crippen LogP contribution in [0.2, 0.25) is 0 Å². The van der Waals surface area contributed by atoms with E-state index in [1.807, 2.05) is 29.1 Å². The van der Waals surface area contributed by atoms with Gasteiger partial charge in [-0.25, -0.2) is 4.68 Å². The number of aromatic nitrogens is 3. The second-order valence-corrected chi connectivity index (χ2v) is 7.72. The van der Waals surface area contributed by atoms with Gasteiger partial charge in [0, 0.05) is 30.9 Å². The highest BCUT2D eigenvalue weighted by atomic mass is 16.6. The third kappa shape index (κ3) is 3.08. The van der Waals surface area contributed by atoms with Crippen LogP contribution >= 0.6 is 0 Å². The molecular weight excluding hydrogens is 330 g/mol. The first-order valence-corrected chi connectivity index (χ1v) is 9.48. The summed E-state index contributed by atoms with van der Waals surface area (Å²) < 4.78 is 13.9. The van der Waals surface area contributed by atoms with Crippen LogP contribution < -0.4 is 0 Å². The van der Waals surface area contributed by atoms with Crippen molar-refractivity contribution in [1.82, 2.24) is 15.0 Å². The molecule has 6 heteroatoms. The zero-order valence-corrected chi connectivity index (χ0v) is 14.7. The van der Waals surface area contributed by atoms with Gasteiger partial charge in [-0.15, -0.1) is 5.10 Å². The molecular formula is C20H23N3O3. The molecule has 1 aromatic heterocycles. The number of carbonyl (C=O) groups excluding carboxylic acids is 1. The van der Waals surface area contributed by atoms with Gasteiger partial charge in [-0.3, -0.25) is 4.79 Å². The van der Waals surface area contributed by atoms with E-state index in [1.165, 1.54) is 5.56 Å². The molecule has 2 aromatic rings. The molecule has 1 aliphatic carbocycles. The molecule has 2 aliphatic heterocycles. The Hall–Kier alpha value is -2.05. The normalized spacial score (nSPS) is 30.5. The molecule has 0 radical (unpaired) electrons. The van der Waals surface area contributed by atoms with Gasteiger partial charge in [0.2, 0.25) is 0 Å². The fraction of sp³-hybridized carbons (Fsp3) is 0.550. The van der Waals surface area contributed by atoms with Crippen LogP contribution in [0.3, 0.4) is 0 Å². The molecule has 0 bridgehead atoms. The van der Waals surface area contributed by atoms with E-state index in [0.717, 1.165) is 25.0 Å². The van der Waals surface area contributed by atoms with Gasteiger partial charge < -0.3 is 9.47 Å². The maximum absolute atomic E-state index is 12.1. The smallest absolute Gasteiger partial charge is 0.136 e. The Bertz CT molecular complexity index is 787. The van der Waals surface area contributed by atoms with Crippen LogP contribution in [-0.2, 0) is 20.7 Å². The lowest BCUT2D eigenvalue weighted by atomic mass is 9.94. The second-order valence-electron chi connectivity index (χ2n) is 7.72. The van der Waals surface area contributed by atoms with E-state index in [-0.39, 0.29) is 24.2 Å². The largest absolute Gasteiger partial charge is 0.373 e. The van der Waals surface area contributed by atoms with Crippen LogP contribution in [0.1, 0.15) is 36.6 Å². The monoisotopic (exact) mass is 353 g/mol. The number of benzene rings is 1. The summed E-state index contributed by atoms with van der Waals surface area (Å²) in [5.41, 5.74) is 2.16. The molecule has 1 saturated carbocycles. The zero-order valence-electron chi connectivity index (χ0n) is 14.7. The second kappa shape index (κ2) is 6.59. The van der Waals surface area contributed by atoms with Gasteiger partial charge >= 0.3 is 0 Å². The quantitative estimate of drug-likeness (QED) is 0.796. The lowest BCUT2D eigenvalue weighted by Crippen LogP contribution is -2.29. The average Bonchev–Trinajstić information content (AvgIpc) is 3.08. The van der Waals surface area contributed by atoms with Gasteiger partial charge in [0.05, 0.1) is 25.0 Å². The predicted molar refractivity (Wildman–Crippen MR) is 93.6 cm³/mol. The first kappa shape index (κ1) is 16.1. The van der Waals surface area contributed by atoms with Gasteiger partial charge in [-0.05, 0) is 18.4 Å². The Kier molecular flexibility index (Phi) is 4.10. The molecule has 136 valence electrons. The van der Waals surface area contributed by atoms with Gasteiger partial charge in [0.15, 0.2) is 0 Å². The molecule has 6 nitrogen and oxygen atoms in total. The lowest BCUT2D eigenvalue weighted by Gasteiger charge is -2.16. The molecule has 0 unspecified atom stereocenters. The molecule has 3 fully saturated rings. The molecule has 0 spiro atoms. The molecule has 1 aromatic carbocycles. The van der Waals surface area contributed by atoms with Crippen LogP contribution in [0, 0.1) is 11.8 Å². The number of carbonyl (C=O) groups is 1. The summed E-state index contributed by atoms with van der Waals surface area (Å²) in [7, 11) is 0. The van der Waals surface area contributed by atoms with Crippen molar-refractivity contribution in [2.45, 2.75) is 43.9 Å². The molecule has 3 heterocycles. The van der Waals surface area contributed by atoms with Gasteiger partial charge in [0.25, 0.3) is 0 Å². The van der Waals surface area contributed by atoms with Gasteiger partial charge in [-0.2, -0.15) is 0 Å². The van der Waals surface area contributed by atoms with Crippen molar-refractivity contribution in [3.8, 4) is 0 Å². The number of hydrogen-bond donors (Lipinski definition) is 0. The fourth-order valence-corrected chi connectivity index (χ4v) is 4.15. The molecule has 26 heavy (non-hydrogen) atoms. The summed E-state index contributed by atoms with van der Waals surface area (Å²) in [4.78, 5) is 12.1. The Morgan fingerprint density at radius 3 is 2.73 bits per heavy atom. The number of rotatable bonds is 6. The van der Waals surface area contributed by atoms with Crippen molar-refractivity contribution in [1.29, 1.82) is 0 Å². The predicted octanol–water partition coefficient (Wildman–Crippen LogP) is 2.19. The number of Topliss-reactive ketones (excluding diaryl/α,β-unsaturated/α-hetero) is 1. The maximum Gasteiger partial charge on any atom is 0.136 e. The van der Waals surface area contributed by atoms with Crippen LogP contribution in [0.25, 0.3) is 0 Å². The minimum atomic E-state index is -0.0294. The average molecular weight is 353 g/mol. The van der Waals surface area contributed by atoms with Crippen molar-refractivity contribution in [2.75, 3.05) is 13.2 Å². The lowest BCUT2D eigenvalue weighted by molar-refractivity contribution is -0.121. The summed E-state index contributed by atoms with van der Waals surface area (Å²) in [5, 5.41) is 8.64. The van der Waals surface area contributed by atoms with Crippen molar-refractivity contribution < 1.29 is 14.3 Å². The van der Waals surface area contributed by atoms with E-state index < -0.39 is 0 Å². The first-order valence-electron chi connectivity index (χ1n) is 9.48. The number of ketones is 1. The van der Waals surface area contributed by atoms with E-state index in [9.17, 15) is 4.79 Å². The first-order chi connectivity index (χ1) is 12.8. The maximum atomic E-state index is 12.1. The number of hydrogen-bond acceptors (Lipinski definition) is 5. The molecule has 2 saturated heterocycles. The Balaban J connectivity index is 1.25. The van der Waals surface area contributed by atoms with Crippen LogP contribution in [0.4, 0.5) is 0 Å². The highest BCUT2D eigenvalue weighted by Gasteiger charge is 2.49. The molecule has 0 N–H and O–H groups in total. The van der Waals surface area contributed by atoms with Crippen LogP contribution in [0.15, 0.2) is 36.5 Å². The minimum absolute atomic E-state index is 0.00414. The fourth-order valence-electron chi connectivity index (χ4n) is 4.15. The highest BCUT2D eigenvalue weighted by Crippen LogP contribution is 2.40. The summed E-state index contributed by atoms with van der Waals surface area (Å²) in [6, 6.07) is 10.3. The third-order valence-electron chi connectivity index (χ3n) is 5.75. The molecule has 0 amide bonds. The summed E-state index contributed by atoms with van der Waals surface area (Å²) >= 11 is 0. The number of nitrogens with zero attached hydrogens (tertiary/aromatic N) is 3. The topological polar surface area (TPSA) is 66.2 Å². The molecule has 4 atom stereocenters. The Morgan fingerprint density at radius 1 is 1.12 bits per heavy atom. The van der Waals surface area contributed by atoms with Crippen molar-refractivity contribution in [3.05, 3.63) is 47.8 Å².